The molecule has 4 N–H and O–H groups in total. The first-order chi connectivity index (χ1) is 4.54. The maximum Gasteiger partial charge on any atom is 0.329 e. The van der Waals surface area contributed by atoms with Crippen LogP contribution in [0.2, 0.25) is 0 Å². The highest BCUT2D eigenvalue weighted by molar-refractivity contribution is 5.67. The van der Waals surface area contributed by atoms with Crippen molar-refractivity contribution >= 4 is 5.97 Å². The fourth-order valence-electron chi connectivity index (χ4n) is 0. The van der Waals surface area contributed by atoms with Crippen molar-refractivity contribution < 1.29 is 20.1 Å². The monoisotopic (exact) mass is 151 g/mol. The maximum absolute atomic E-state index is 9.12. The van der Waals surface area contributed by atoms with Gasteiger partial charge < -0.3 is 15.3 Å². The molecule has 5 nitrogen and oxygen atoms in total. The summed E-state index contributed by atoms with van der Waals surface area (Å²) in [5, 5.41) is 25.8. The minimum absolute atomic E-state index is 0.366. The number of carbonyl (C=O) groups is 1. The van der Waals surface area contributed by atoms with E-state index >= 15 is 0 Å². The second kappa shape index (κ2) is 8.35. The molecule has 0 spiro atoms. The summed E-state index contributed by atoms with van der Waals surface area (Å²) in [7, 11) is 1.70. The van der Waals surface area contributed by atoms with Gasteiger partial charge in [-0.1, -0.05) is 0 Å². The van der Waals surface area contributed by atoms with Gasteiger partial charge in [-0.05, 0) is 14.0 Å². The number of aliphatic hydroxyl groups excluding tert-OH is 2. The predicted molar refractivity (Wildman–Crippen MR) is 35.5 cm³/mol. The van der Waals surface area contributed by atoms with Crippen molar-refractivity contribution in [2.24, 2.45) is 0 Å². The van der Waals surface area contributed by atoms with Crippen molar-refractivity contribution in [1.29, 1.82) is 0 Å². The molecule has 5 heteroatoms. The number of hydrogen-bond acceptors (Lipinski definition) is 4. The molecule has 1 unspecified atom stereocenters. The van der Waals surface area contributed by atoms with Crippen molar-refractivity contribution in [2.45, 2.75) is 13.2 Å². The lowest BCUT2D eigenvalue weighted by Gasteiger charge is -1.94. The minimum atomic E-state index is -1.19. The predicted octanol–water partition coefficient (Wildman–Crippen LogP) is -1.39. The van der Waals surface area contributed by atoms with Crippen molar-refractivity contribution in [2.75, 3.05) is 13.7 Å². The summed E-state index contributed by atoms with van der Waals surface area (Å²) in [6.07, 6.45) is -0.366. The van der Waals surface area contributed by atoms with Crippen LogP contribution in [0.5, 0.6) is 0 Å². The van der Waals surface area contributed by atoms with Crippen LogP contribution in [-0.2, 0) is 4.79 Å². The molecule has 0 aromatic heterocycles. The normalized spacial score (nSPS) is 11.2. The zero-order valence-electron chi connectivity index (χ0n) is 6.03. The molecule has 0 bridgehead atoms. The van der Waals surface area contributed by atoms with E-state index in [1.807, 2.05) is 0 Å². The quantitative estimate of drug-likeness (QED) is 0.365. The number of aliphatic carboxylic acids is 1. The Bertz CT molecular complexity index is 83.7. The number of carboxylic acids is 1. The van der Waals surface area contributed by atoms with Gasteiger partial charge in [-0.2, -0.15) is 0 Å². The molecule has 0 amide bonds. The number of nitrogens with one attached hydrogen (secondary N) is 1. The van der Waals surface area contributed by atoms with Crippen LogP contribution in [0.25, 0.3) is 0 Å². The summed E-state index contributed by atoms with van der Waals surface area (Å²) in [4.78, 5) is 9.12. The van der Waals surface area contributed by atoms with E-state index in [9.17, 15) is 0 Å². The van der Waals surface area contributed by atoms with Gasteiger partial charge in [0.15, 0.2) is 0 Å². The molecule has 1 atom stereocenters. The molecule has 10 heavy (non-hydrogen) atoms. The van der Waals surface area contributed by atoms with Gasteiger partial charge in [0.25, 0.3) is 0 Å². The number of aliphatic hydroxyl groups is 2. The molecule has 0 aromatic carbocycles. The first-order valence-electron chi connectivity index (χ1n) is 2.72. The second-order valence-corrected chi connectivity index (χ2v) is 1.52. The van der Waals surface area contributed by atoms with E-state index in [1.54, 1.807) is 14.0 Å². The van der Waals surface area contributed by atoms with Crippen LogP contribution in [0.1, 0.15) is 6.92 Å². The van der Waals surface area contributed by atoms with Crippen LogP contribution in [-0.4, -0.2) is 41.2 Å². The largest absolute Gasteiger partial charge is 0.480 e. The summed E-state index contributed by atoms with van der Waals surface area (Å²) < 4.78 is 0. The third-order valence-corrected chi connectivity index (χ3v) is 0.553. The summed E-state index contributed by atoms with van der Waals surface area (Å²) in [6.45, 7) is 0.889. The third-order valence-electron chi connectivity index (χ3n) is 0.553. The van der Waals surface area contributed by atoms with E-state index in [4.69, 9.17) is 20.1 Å². The smallest absolute Gasteiger partial charge is 0.329 e. The highest BCUT2D eigenvalue weighted by Crippen LogP contribution is 1.59. The van der Waals surface area contributed by atoms with Gasteiger partial charge in [0.05, 0.1) is 0 Å². The molecule has 0 aliphatic heterocycles. The van der Waals surface area contributed by atoms with Crippen LogP contribution < -0.4 is 5.32 Å². The van der Waals surface area contributed by atoms with E-state index in [1.165, 1.54) is 0 Å². The average molecular weight is 151 g/mol. The zero-order valence-corrected chi connectivity index (χ0v) is 6.03. The standard InChI is InChI=1S/C3H9NO.C2H4O3/c1-3(5)4-2;3-1-2(4)5/h3-5H,1-2H3;3H,1H2,(H,4,5). The van der Waals surface area contributed by atoms with Gasteiger partial charge in [-0.3, -0.25) is 5.32 Å². The highest BCUT2D eigenvalue weighted by Gasteiger charge is 1.82. The third kappa shape index (κ3) is 26.4. The Balaban J connectivity index is 0. The molecule has 0 heterocycles. The molecule has 0 saturated carbocycles. The molecule has 0 saturated heterocycles. The van der Waals surface area contributed by atoms with E-state index in [2.05, 4.69) is 5.32 Å². The van der Waals surface area contributed by atoms with Gasteiger partial charge in [-0.25, -0.2) is 4.79 Å². The lowest BCUT2D eigenvalue weighted by molar-refractivity contribution is -0.140. The Morgan fingerprint density at radius 3 is 1.90 bits per heavy atom. The van der Waals surface area contributed by atoms with Gasteiger partial charge in [0.1, 0.15) is 12.8 Å². The van der Waals surface area contributed by atoms with E-state index in [0.717, 1.165) is 0 Å². The summed E-state index contributed by atoms with van der Waals surface area (Å²) >= 11 is 0. The van der Waals surface area contributed by atoms with Crippen molar-refractivity contribution in [3.8, 4) is 0 Å². The van der Waals surface area contributed by atoms with Crippen LogP contribution in [0.4, 0.5) is 0 Å². The average Bonchev–Trinajstić information content (AvgIpc) is 1.89. The van der Waals surface area contributed by atoms with Gasteiger partial charge in [0, 0.05) is 0 Å². The molecule has 62 valence electrons. The maximum atomic E-state index is 9.12. The Morgan fingerprint density at radius 2 is 1.90 bits per heavy atom. The molecule has 0 radical (unpaired) electrons. The number of rotatable bonds is 2. The SMILES string of the molecule is CNC(C)O.O=C(O)CO. The molecule has 0 aliphatic rings. The minimum Gasteiger partial charge on any atom is -0.480 e. The van der Waals surface area contributed by atoms with Gasteiger partial charge in [-0.15, -0.1) is 0 Å². The topological polar surface area (TPSA) is 89.8 Å². The highest BCUT2D eigenvalue weighted by atomic mass is 16.4. The van der Waals surface area contributed by atoms with Crippen LogP contribution in [0, 0.1) is 0 Å². The van der Waals surface area contributed by atoms with Crippen LogP contribution >= 0.6 is 0 Å². The van der Waals surface area contributed by atoms with Crippen molar-refractivity contribution in [1.82, 2.24) is 5.32 Å². The molecule has 0 fully saturated rings. The second-order valence-electron chi connectivity index (χ2n) is 1.52. The first-order valence-corrected chi connectivity index (χ1v) is 2.72. The molecule has 0 aromatic rings. The first kappa shape index (κ1) is 12.1. The van der Waals surface area contributed by atoms with E-state index < -0.39 is 12.6 Å². The summed E-state index contributed by atoms with van der Waals surface area (Å²) in [5.74, 6) is -1.19. The Morgan fingerprint density at radius 1 is 1.70 bits per heavy atom. The fraction of sp³-hybridized carbons (Fsp3) is 0.800. The van der Waals surface area contributed by atoms with Crippen molar-refractivity contribution in [3.05, 3.63) is 0 Å². The summed E-state index contributed by atoms with van der Waals surface area (Å²) in [5.41, 5.74) is 0. The number of carboxylic acid groups (broad SMARTS) is 1. The van der Waals surface area contributed by atoms with Crippen LogP contribution in [0.15, 0.2) is 0 Å². The lowest BCUT2D eigenvalue weighted by Crippen LogP contribution is -2.19. The molecule has 0 aliphatic carbocycles. The molecular formula is C5H13NO4. The Hall–Kier alpha value is -0.650. The van der Waals surface area contributed by atoms with Gasteiger partial charge >= 0.3 is 5.97 Å². The molecular weight excluding hydrogens is 138 g/mol. The van der Waals surface area contributed by atoms with Crippen molar-refractivity contribution in [3.63, 3.8) is 0 Å². The Labute approximate surface area is 59.3 Å². The Kier molecular flexibility index (Phi) is 10.1. The van der Waals surface area contributed by atoms with E-state index in [0.29, 0.717) is 0 Å². The fourth-order valence-corrected chi connectivity index (χ4v) is 0. The van der Waals surface area contributed by atoms with E-state index in [-0.39, 0.29) is 6.23 Å². The summed E-state index contributed by atoms with van der Waals surface area (Å²) in [6, 6.07) is 0. The van der Waals surface area contributed by atoms with Gasteiger partial charge in [0.2, 0.25) is 0 Å². The molecule has 0 rings (SSSR count). The van der Waals surface area contributed by atoms with Crippen LogP contribution in [0.3, 0.4) is 0 Å². The zero-order chi connectivity index (χ0) is 8.57. The lowest BCUT2D eigenvalue weighted by atomic mass is 10.7. The number of hydrogen-bond donors (Lipinski definition) is 4.